The van der Waals surface area contributed by atoms with Gasteiger partial charge in [-0.25, -0.2) is 9.37 Å². The number of anilines is 1. The Labute approximate surface area is 217 Å². The molecule has 3 fully saturated rings. The van der Waals surface area contributed by atoms with Crippen LogP contribution in [0.4, 0.5) is 10.2 Å². The van der Waals surface area contributed by atoms with Gasteiger partial charge in [-0.2, -0.15) is 0 Å². The molecule has 0 amide bonds. The molecule has 3 heterocycles. The van der Waals surface area contributed by atoms with Gasteiger partial charge in [0.15, 0.2) is 5.67 Å². The fraction of sp³-hybridized carbons (Fsp3) is 0.567. The van der Waals surface area contributed by atoms with Crippen LogP contribution in [0.1, 0.15) is 51.0 Å². The summed E-state index contributed by atoms with van der Waals surface area (Å²) >= 11 is 0. The van der Waals surface area contributed by atoms with E-state index in [1.54, 1.807) is 6.08 Å². The Balaban J connectivity index is 1.29. The number of aliphatic hydroxyl groups excluding tert-OH is 2. The second-order valence-electron chi connectivity index (χ2n) is 12.6. The monoisotopic (exact) mass is 505 g/mol. The van der Waals surface area contributed by atoms with Crippen LogP contribution >= 0.6 is 0 Å². The van der Waals surface area contributed by atoms with E-state index in [1.165, 1.54) is 5.57 Å². The molecule has 2 unspecified atom stereocenters. The summed E-state index contributed by atoms with van der Waals surface area (Å²) in [6.07, 6.45) is 7.37. The maximum Gasteiger partial charge on any atom is 0.158 e. The molecule has 8 atom stereocenters. The number of halogens is 1. The standard InChI is InChI=1S/C30H36FN3O3/c1-27-8-10-29(31)14-21-25(35)26(36)22(34(2)3)15-28(21)9-11-30(29,37-28)23(27)7-6-20(27)18-5-4-17-13-24(32)33-16-19(17)12-18/h4-6,12-14,16,22-23,25-26,35-36H,7-11,15H2,1-3H3,(H2,32,33)/t22-,23?,25+,26+,27+,28+,29?,30-/m0/s1. The Morgan fingerprint density at radius 1 is 1.11 bits per heavy atom. The molecule has 4 N–H and O–H groups in total. The summed E-state index contributed by atoms with van der Waals surface area (Å²) in [6.45, 7) is 2.28. The van der Waals surface area contributed by atoms with Gasteiger partial charge in [-0.3, -0.25) is 0 Å². The molecular weight excluding hydrogens is 469 g/mol. The summed E-state index contributed by atoms with van der Waals surface area (Å²) < 4.78 is 24.2. The summed E-state index contributed by atoms with van der Waals surface area (Å²) in [6, 6.07) is 8.05. The highest BCUT2D eigenvalue weighted by Gasteiger charge is 2.74. The predicted octanol–water partition coefficient (Wildman–Crippen LogP) is 4.01. The molecule has 7 heteroatoms. The lowest BCUT2D eigenvalue weighted by atomic mass is 9.53. The second-order valence-corrected chi connectivity index (χ2v) is 12.6. The molecule has 1 aromatic carbocycles. The first-order valence-corrected chi connectivity index (χ1v) is 13.5. The van der Waals surface area contributed by atoms with Crippen molar-refractivity contribution < 1.29 is 19.3 Å². The zero-order chi connectivity index (χ0) is 26.0. The second kappa shape index (κ2) is 7.41. The number of aliphatic hydroxyl groups is 2. The van der Waals surface area contributed by atoms with Gasteiger partial charge in [0, 0.05) is 23.5 Å². The van der Waals surface area contributed by atoms with Crippen LogP contribution in [0.25, 0.3) is 16.3 Å². The van der Waals surface area contributed by atoms with E-state index in [4.69, 9.17) is 10.5 Å². The van der Waals surface area contributed by atoms with Crippen LogP contribution in [-0.2, 0) is 4.74 Å². The number of pyridine rings is 1. The number of nitrogens with zero attached hydrogens (tertiary/aromatic N) is 2. The number of fused-ring (bicyclic) bond motifs is 2. The van der Waals surface area contributed by atoms with Gasteiger partial charge in [-0.15, -0.1) is 0 Å². The topological polar surface area (TPSA) is 91.8 Å². The van der Waals surface area contributed by atoms with Gasteiger partial charge in [0.25, 0.3) is 0 Å². The number of rotatable bonds is 2. The first-order valence-electron chi connectivity index (χ1n) is 13.5. The van der Waals surface area contributed by atoms with Crippen molar-refractivity contribution in [3.05, 3.63) is 53.8 Å². The summed E-state index contributed by atoms with van der Waals surface area (Å²) in [7, 11) is 3.83. The summed E-state index contributed by atoms with van der Waals surface area (Å²) in [4.78, 5) is 6.23. The summed E-state index contributed by atoms with van der Waals surface area (Å²) in [5, 5.41) is 24.1. The minimum absolute atomic E-state index is 0.00652. The van der Waals surface area contributed by atoms with E-state index in [-0.39, 0.29) is 17.4 Å². The lowest BCUT2D eigenvalue weighted by Gasteiger charge is -2.60. The molecule has 1 saturated heterocycles. The highest BCUT2D eigenvalue weighted by Crippen LogP contribution is 2.71. The number of nitrogen functional groups attached to an aromatic ring is 1. The molecule has 37 heavy (non-hydrogen) atoms. The van der Waals surface area contributed by atoms with Crippen molar-refractivity contribution in [1.29, 1.82) is 0 Å². The van der Waals surface area contributed by atoms with Crippen LogP contribution in [0, 0.1) is 11.3 Å². The van der Waals surface area contributed by atoms with Crippen molar-refractivity contribution in [3.63, 3.8) is 0 Å². The predicted molar refractivity (Wildman–Crippen MR) is 141 cm³/mol. The maximum absolute atomic E-state index is 17.2. The molecule has 2 spiro atoms. The van der Waals surface area contributed by atoms with E-state index in [0.717, 1.165) is 22.8 Å². The lowest BCUT2D eigenvalue weighted by Crippen LogP contribution is -2.68. The third kappa shape index (κ3) is 2.92. The Morgan fingerprint density at radius 3 is 2.70 bits per heavy atom. The maximum atomic E-state index is 17.2. The van der Waals surface area contributed by atoms with Gasteiger partial charge in [0.05, 0.1) is 11.7 Å². The lowest BCUT2D eigenvalue weighted by molar-refractivity contribution is -0.239. The first-order chi connectivity index (χ1) is 17.5. The molecule has 3 aliphatic carbocycles. The van der Waals surface area contributed by atoms with Gasteiger partial charge < -0.3 is 25.6 Å². The number of allylic oxidation sites excluding steroid dienone is 2. The molecule has 2 saturated carbocycles. The molecule has 2 bridgehead atoms. The van der Waals surface area contributed by atoms with E-state index >= 15 is 4.39 Å². The molecule has 5 aliphatic rings. The smallest absolute Gasteiger partial charge is 0.158 e. The number of ether oxygens (including phenoxy) is 1. The Bertz CT molecular complexity index is 1380. The van der Waals surface area contributed by atoms with Crippen molar-refractivity contribution in [2.75, 3.05) is 19.8 Å². The van der Waals surface area contributed by atoms with Crippen LogP contribution in [0.15, 0.2) is 48.2 Å². The highest BCUT2D eigenvalue weighted by atomic mass is 19.1. The molecule has 2 aliphatic heterocycles. The zero-order valence-corrected chi connectivity index (χ0v) is 21.7. The van der Waals surface area contributed by atoms with Crippen LogP contribution in [-0.4, -0.2) is 69.3 Å². The summed E-state index contributed by atoms with van der Waals surface area (Å²) in [5.41, 5.74) is 5.30. The number of benzene rings is 1. The Hall–Kier alpha value is -2.32. The van der Waals surface area contributed by atoms with Crippen molar-refractivity contribution in [2.24, 2.45) is 11.3 Å². The highest BCUT2D eigenvalue weighted by molar-refractivity contribution is 5.88. The minimum atomic E-state index is -1.66. The summed E-state index contributed by atoms with van der Waals surface area (Å²) in [5.74, 6) is 0.500. The SMILES string of the molecule is CN(C)[C@H]1C[C@@]23CC[C@]4(O2)C2CC=C(c5ccc6cc(N)ncc6c5)[C@@]2(C)CCC4(F)C=C3[C@@H](O)[C@@H]1O. The van der Waals surface area contributed by atoms with Crippen molar-refractivity contribution in [1.82, 2.24) is 9.88 Å². The molecule has 7 rings (SSSR count). The Kier molecular flexibility index (Phi) is 4.76. The van der Waals surface area contributed by atoms with Gasteiger partial charge in [-0.05, 0) is 98.3 Å². The molecule has 0 radical (unpaired) electrons. The number of alkyl halides is 1. The van der Waals surface area contributed by atoms with Crippen LogP contribution in [0.2, 0.25) is 0 Å². The van der Waals surface area contributed by atoms with Crippen molar-refractivity contribution in [2.45, 2.75) is 80.6 Å². The molecule has 1 aromatic heterocycles. The molecule has 196 valence electrons. The van der Waals surface area contributed by atoms with Gasteiger partial charge in [0.2, 0.25) is 0 Å². The molecular formula is C30H36FN3O3. The first kappa shape index (κ1) is 23.8. The van der Waals surface area contributed by atoms with Crippen molar-refractivity contribution >= 4 is 22.2 Å². The average Bonchev–Trinajstić information content (AvgIpc) is 3.39. The number of aromatic nitrogens is 1. The van der Waals surface area contributed by atoms with Crippen LogP contribution in [0.3, 0.4) is 0 Å². The van der Waals surface area contributed by atoms with E-state index < -0.39 is 29.1 Å². The third-order valence-corrected chi connectivity index (χ3v) is 10.7. The van der Waals surface area contributed by atoms with Crippen LogP contribution < -0.4 is 5.73 Å². The number of hydrogen-bond donors (Lipinski definition) is 3. The number of nitrogens with two attached hydrogens (primary N) is 1. The average molecular weight is 506 g/mol. The fourth-order valence-electron chi connectivity index (χ4n) is 8.76. The van der Waals surface area contributed by atoms with Gasteiger partial charge in [0.1, 0.15) is 17.5 Å². The normalized spacial score (nSPS) is 44.3. The number of hydrogen-bond acceptors (Lipinski definition) is 6. The Morgan fingerprint density at radius 2 is 1.92 bits per heavy atom. The van der Waals surface area contributed by atoms with Gasteiger partial charge in [-0.1, -0.05) is 25.1 Å². The van der Waals surface area contributed by atoms with Crippen LogP contribution in [0.5, 0.6) is 0 Å². The molecule has 6 nitrogen and oxygen atoms in total. The largest absolute Gasteiger partial charge is 0.388 e. The van der Waals surface area contributed by atoms with E-state index in [1.807, 2.05) is 31.3 Å². The third-order valence-electron chi connectivity index (χ3n) is 10.7. The quantitative estimate of drug-likeness (QED) is 0.534. The molecule has 2 aromatic rings. The van der Waals surface area contributed by atoms with E-state index in [2.05, 4.69) is 36.2 Å². The van der Waals surface area contributed by atoms with E-state index in [0.29, 0.717) is 43.5 Å². The number of likely N-dealkylation sites (N-methyl/N-ethyl adjacent to an activating group) is 1. The van der Waals surface area contributed by atoms with Gasteiger partial charge >= 0.3 is 0 Å². The van der Waals surface area contributed by atoms with Crippen molar-refractivity contribution in [3.8, 4) is 0 Å². The fourth-order valence-corrected chi connectivity index (χ4v) is 8.76. The zero-order valence-electron chi connectivity index (χ0n) is 21.7. The van der Waals surface area contributed by atoms with E-state index in [9.17, 15) is 10.2 Å². The minimum Gasteiger partial charge on any atom is -0.388 e.